The molecule has 26 heavy (non-hydrogen) atoms. The van der Waals surface area contributed by atoms with Crippen molar-refractivity contribution in [3.8, 4) is 0 Å². The highest BCUT2D eigenvalue weighted by Gasteiger charge is 2.22. The number of nitrogens with one attached hydrogen (secondary N) is 1. The Kier molecular flexibility index (Phi) is 4.47. The monoisotopic (exact) mass is 351 g/mol. The van der Waals surface area contributed by atoms with Gasteiger partial charge in [0.15, 0.2) is 5.65 Å². The number of rotatable bonds is 4. The molecule has 0 aromatic carbocycles. The van der Waals surface area contributed by atoms with Gasteiger partial charge in [-0.25, -0.2) is 19.9 Å². The zero-order valence-corrected chi connectivity index (χ0v) is 14.7. The van der Waals surface area contributed by atoms with Crippen molar-refractivity contribution in [1.29, 1.82) is 0 Å². The molecule has 1 atom stereocenters. The first-order valence-electron chi connectivity index (χ1n) is 8.78. The summed E-state index contributed by atoms with van der Waals surface area (Å²) in [5.41, 5.74) is 2.04. The lowest BCUT2D eigenvalue weighted by molar-refractivity contribution is 0.0945. The normalized spacial score (nSPS) is 17.4. The van der Waals surface area contributed by atoms with Crippen LogP contribution in [0.15, 0.2) is 37.1 Å². The topological polar surface area (TPSA) is 88.8 Å². The molecule has 1 fully saturated rings. The van der Waals surface area contributed by atoms with Gasteiger partial charge in [0.1, 0.15) is 5.52 Å². The van der Waals surface area contributed by atoms with Gasteiger partial charge in [-0.05, 0) is 30.9 Å². The summed E-state index contributed by atoms with van der Waals surface area (Å²) in [6, 6.07) is 3.60. The number of amides is 1. The molecule has 1 N–H and O–H groups in total. The predicted molar refractivity (Wildman–Crippen MR) is 97.8 cm³/mol. The van der Waals surface area contributed by atoms with Gasteiger partial charge in [0.05, 0.1) is 11.9 Å². The molecule has 134 valence electrons. The molecular weight excluding hydrogens is 330 g/mol. The fourth-order valence-electron chi connectivity index (χ4n) is 3.35. The van der Waals surface area contributed by atoms with Crippen molar-refractivity contribution in [3.63, 3.8) is 0 Å². The third-order valence-corrected chi connectivity index (χ3v) is 4.72. The average molecular weight is 351 g/mol. The van der Waals surface area contributed by atoms with E-state index in [4.69, 9.17) is 0 Å². The first-order valence-corrected chi connectivity index (χ1v) is 8.78. The van der Waals surface area contributed by atoms with Crippen molar-refractivity contribution in [2.24, 2.45) is 13.0 Å². The van der Waals surface area contributed by atoms with Crippen LogP contribution in [0.4, 0.5) is 5.95 Å². The number of nitrogens with zero attached hydrogens (tertiary/aromatic N) is 6. The van der Waals surface area contributed by atoms with Crippen molar-refractivity contribution >= 4 is 23.0 Å². The van der Waals surface area contributed by atoms with E-state index in [0.29, 0.717) is 18.0 Å². The number of anilines is 1. The SMILES string of the molecule is Cn1cnc2cc(C(=O)NCC3CCCN(c4ncccn4)C3)cnc21. The van der Waals surface area contributed by atoms with Crippen LogP contribution in [0.2, 0.25) is 0 Å². The molecule has 4 heterocycles. The molecule has 0 saturated carbocycles. The number of hydrogen-bond donors (Lipinski definition) is 1. The van der Waals surface area contributed by atoms with Gasteiger partial charge in [-0.3, -0.25) is 4.79 Å². The molecule has 4 rings (SSSR count). The Morgan fingerprint density at radius 1 is 1.27 bits per heavy atom. The van der Waals surface area contributed by atoms with Crippen molar-refractivity contribution in [2.75, 3.05) is 24.5 Å². The zero-order chi connectivity index (χ0) is 17.9. The first-order chi connectivity index (χ1) is 12.7. The maximum absolute atomic E-state index is 12.5. The number of carbonyl (C=O) groups excluding carboxylic acids is 1. The first kappa shape index (κ1) is 16.4. The largest absolute Gasteiger partial charge is 0.352 e. The minimum atomic E-state index is -0.113. The number of hydrogen-bond acceptors (Lipinski definition) is 6. The molecule has 3 aromatic rings. The fraction of sp³-hybridized carbons (Fsp3) is 0.389. The Morgan fingerprint density at radius 3 is 2.96 bits per heavy atom. The second-order valence-electron chi connectivity index (χ2n) is 6.64. The van der Waals surface area contributed by atoms with E-state index in [1.54, 1.807) is 31.0 Å². The standard InChI is InChI=1S/C18H21N7O/c1-24-12-23-15-8-14(10-21-16(15)24)17(26)22-9-13-4-2-7-25(11-13)18-19-5-3-6-20-18/h3,5-6,8,10,12-13H,2,4,7,9,11H2,1H3,(H,22,26). The molecule has 1 aliphatic rings. The van der Waals surface area contributed by atoms with E-state index in [1.165, 1.54) is 0 Å². The molecule has 0 bridgehead atoms. The van der Waals surface area contributed by atoms with Crippen LogP contribution in [0.25, 0.3) is 11.2 Å². The van der Waals surface area contributed by atoms with Crippen LogP contribution in [0.1, 0.15) is 23.2 Å². The van der Waals surface area contributed by atoms with Crippen LogP contribution in [-0.4, -0.2) is 50.0 Å². The number of carbonyl (C=O) groups is 1. The number of piperidine rings is 1. The molecule has 3 aromatic heterocycles. The van der Waals surface area contributed by atoms with Crippen LogP contribution < -0.4 is 10.2 Å². The molecule has 0 spiro atoms. The lowest BCUT2D eigenvalue weighted by Gasteiger charge is -2.32. The lowest BCUT2D eigenvalue weighted by Crippen LogP contribution is -2.41. The summed E-state index contributed by atoms with van der Waals surface area (Å²) in [5, 5.41) is 3.03. The van der Waals surface area contributed by atoms with Gasteiger partial charge in [0.25, 0.3) is 5.91 Å². The molecule has 1 aliphatic heterocycles. The van der Waals surface area contributed by atoms with Crippen LogP contribution >= 0.6 is 0 Å². The molecule has 8 heteroatoms. The molecule has 1 saturated heterocycles. The fourth-order valence-corrected chi connectivity index (χ4v) is 3.35. The summed E-state index contributed by atoms with van der Waals surface area (Å²) < 4.78 is 1.83. The zero-order valence-electron chi connectivity index (χ0n) is 14.7. The van der Waals surface area contributed by atoms with Gasteiger partial charge in [-0.2, -0.15) is 0 Å². The summed E-state index contributed by atoms with van der Waals surface area (Å²) >= 11 is 0. The van der Waals surface area contributed by atoms with Crippen LogP contribution in [0.5, 0.6) is 0 Å². The van der Waals surface area contributed by atoms with E-state index in [0.717, 1.165) is 43.0 Å². The van der Waals surface area contributed by atoms with Crippen LogP contribution in [0.3, 0.4) is 0 Å². The Balaban J connectivity index is 1.37. The smallest absolute Gasteiger partial charge is 0.252 e. The van der Waals surface area contributed by atoms with Gasteiger partial charge in [0, 0.05) is 45.3 Å². The van der Waals surface area contributed by atoms with Gasteiger partial charge < -0.3 is 14.8 Å². The predicted octanol–water partition coefficient (Wildman–Crippen LogP) is 1.40. The van der Waals surface area contributed by atoms with Crippen molar-refractivity contribution < 1.29 is 4.79 Å². The van der Waals surface area contributed by atoms with Gasteiger partial charge >= 0.3 is 0 Å². The number of imidazole rings is 1. The third kappa shape index (κ3) is 3.35. The van der Waals surface area contributed by atoms with Crippen molar-refractivity contribution in [1.82, 2.24) is 29.8 Å². The van der Waals surface area contributed by atoms with Crippen LogP contribution in [0, 0.1) is 5.92 Å². The summed E-state index contributed by atoms with van der Waals surface area (Å²) in [6.45, 7) is 2.43. The second kappa shape index (κ2) is 7.07. The molecule has 8 nitrogen and oxygen atoms in total. The number of aryl methyl sites for hydroxylation is 1. The highest BCUT2D eigenvalue weighted by Crippen LogP contribution is 2.19. The molecule has 1 unspecified atom stereocenters. The van der Waals surface area contributed by atoms with Gasteiger partial charge in [0.2, 0.25) is 5.95 Å². The lowest BCUT2D eigenvalue weighted by atomic mass is 9.98. The van der Waals surface area contributed by atoms with E-state index in [2.05, 4.69) is 30.2 Å². The second-order valence-corrected chi connectivity index (χ2v) is 6.64. The Labute approximate surface area is 151 Å². The van der Waals surface area contributed by atoms with E-state index in [9.17, 15) is 4.79 Å². The summed E-state index contributed by atoms with van der Waals surface area (Å²) in [4.78, 5) is 31.9. The maximum Gasteiger partial charge on any atom is 0.252 e. The highest BCUT2D eigenvalue weighted by atomic mass is 16.1. The van der Waals surface area contributed by atoms with E-state index in [-0.39, 0.29) is 5.91 Å². The Hall–Kier alpha value is -3.03. The summed E-state index contributed by atoms with van der Waals surface area (Å²) in [6.07, 6.45) is 8.97. The minimum absolute atomic E-state index is 0.113. The van der Waals surface area contributed by atoms with Gasteiger partial charge in [-0.1, -0.05) is 0 Å². The third-order valence-electron chi connectivity index (χ3n) is 4.72. The van der Waals surface area contributed by atoms with Crippen molar-refractivity contribution in [2.45, 2.75) is 12.8 Å². The van der Waals surface area contributed by atoms with Gasteiger partial charge in [-0.15, -0.1) is 0 Å². The Morgan fingerprint density at radius 2 is 2.12 bits per heavy atom. The molecule has 0 aliphatic carbocycles. The van der Waals surface area contributed by atoms with Crippen LogP contribution in [-0.2, 0) is 7.05 Å². The average Bonchev–Trinajstić information content (AvgIpc) is 3.07. The quantitative estimate of drug-likeness (QED) is 0.764. The molecule has 1 amide bonds. The molecule has 0 radical (unpaired) electrons. The number of aromatic nitrogens is 5. The van der Waals surface area contributed by atoms with Crippen molar-refractivity contribution in [3.05, 3.63) is 42.6 Å². The summed E-state index contributed by atoms with van der Waals surface area (Å²) in [5.74, 6) is 1.02. The molecular formula is C18H21N7O. The van der Waals surface area contributed by atoms with E-state index >= 15 is 0 Å². The minimum Gasteiger partial charge on any atom is -0.352 e. The van der Waals surface area contributed by atoms with E-state index in [1.807, 2.05) is 17.7 Å². The number of pyridine rings is 1. The Bertz CT molecular complexity index is 908. The number of fused-ring (bicyclic) bond motifs is 1. The summed E-state index contributed by atoms with van der Waals surface area (Å²) in [7, 11) is 1.88. The van der Waals surface area contributed by atoms with E-state index < -0.39 is 0 Å². The highest BCUT2D eigenvalue weighted by molar-refractivity contribution is 5.96. The maximum atomic E-state index is 12.5.